The van der Waals surface area contributed by atoms with Gasteiger partial charge in [-0.2, -0.15) is 0 Å². The summed E-state index contributed by atoms with van der Waals surface area (Å²) < 4.78 is 5.01. The van der Waals surface area contributed by atoms with Crippen molar-refractivity contribution in [3.63, 3.8) is 0 Å². The van der Waals surface area contributed by atoms with E-state index in [1.807, 2.05) is 0 Å². The van der Waals surface area contributed by atoms with Crippen LogP contribution in [0, 0.1) is 0 Å². The number of hydrogen-bond acceptors (Lipinski definition) is 4. The Hall–Kier alpha value is -3.35. The molecule has 0 unspecified atom stereocenters. The third-order valence-corrected chi connectivity index (χ3v) is 2.86. The largest absolute Gasteiger partial charge is 0.482 e. The number of aliphatic carboxylic acids is 1. The maximum Gasteiger partial charge on any atom is 0.341 e. The molecule has 0 radical (unpaired) electrons. The number of aromatic carboxylic acids is 1. The van der Waals surface area contributed by atoms with Crippen LogP contribution in [0.25, 0.3) is 0 Å². The average Bonchev–Trinajstić information content (AvgIpc) is 2.53. The molecule has 0 aliphatic carbocycles. The number of nitrogens with one attached hydrogen (secondary N) is 1. The fraction of sp³-hybridized carbons (Fsp3) is 0.0625. The molecule has 23 heavy (non-hydrogen) atoms. The Balaban J connectivity index is 2.16. The molecule has 118 valence electrons. The summed E-state index contributed by atoms with van der Waals surface area (Å²) in [6.07, 6.45) is 0. The van der Waals surface area contributed by atoms with E-state index in [0.717, 1.165) is 0 Å². The summed E-state index contributed by atoms with van der Waals surface area (Å²) >= 11 is 0. The molecule has 1 amide bonds. The number of carboxylic acid groups (broad SMARTS) is 2. The van der Waals surface area contributed by atoms with E-state index in [2.05, 4.69) is 5.32 Å². The predicted molar refractivity (Wildman–Crippen MR) is 80.9 cm³/mol. The van der Waals surface area contributed by atoms with Gasteiger partial charge in [-0.25, -0.2) is 9.59 Å². The quantitative estimate of drug-likeness (QED) is 0.752. The average molecular weight is 315 g/mol. The molecule has 0 heterocycles. The molecule has 0 fully saturated rings. The highest BCUT2D eigenvalue weighted by atomic mass is 16.5. The summed E-state index contributed by atoms with van der Waals surface area (Å²) in [7, 11) is 0. The maximum absolute atomic E-state index is 12.2. The van der Waals surface area contributed by atoms with E-state index in [1.165, 1.54) is 24.3 Å². The first-order valence-electron chi connectivity index (χ1n) is 6.55. The van der Waals surface area contributed by atoms with Crippen molar-refractivity contribution in [1.29, 1.82) is 0 Å². The van der Waals surface area contributed by atoms with Gasteiger partial charge in [0.25, 0.3) is 5.91 Å². The van der Waals surface area contributed by atoms with Gasteiger partial charge in [-0.05, 0) is 24.3 Å². The van der Waals surface area contributed by atoms with Gasteiger partial charge in [0.15, 0.2) is 6.61 Å². The molecule has 0 spiro atoms. The van der Waals surface area contributed by atoms with Crippen molar-refractivity contribution in [2.75, 3.05) is 11.9 Å². The minimum atomic E-state index is -1.20. The standard InChI is InChI=1S/C16H13NO6/c18-14(19)9-23-11-5-3-4-10(8-11)17-15(20)12-6-1-2-7-13(12)16(21)22/h1-8H,9H2,(H,17,20)(H,18,19)(H,21,22). The summed E-state index contributed by atoms with van der Waals surface area (Å²) in [5.74, 6) is -2.63. The minimum Gasteiger partial charge on any atom is -0.482 e. The zero-order valence-electron chi connectivity index (χ0n) is 11.9. The molecular formula is C16H13NO6. The van der Waals surface area contributed by atoms with Crippen molar-refractivity contribution < 1.29 is 29.3 Å². The molecule has 7 nitrogen and oxygen atoms in total. The van der Waals surface area contributed by atoms with E-state index < -0.39 is 24.5 Å². The van der Waals surface area contributed by atoms with E-state index in [0.29, 0.717) is 5.69 Å². The second-order valence-electron chi connectivity index (χ2n) is 4.52. The molecule has 2 aromatic carbocycles. The zero-order chi connectivity index (χ0) is 16.8. The van der Waals surface area contributed by atoms with E-state index in [9.17, 15) is 14.4 Å². The van der Waals surface area contributed by atoms with Crippen LogP contribution in [0.5, 0.6) is 5.75 Å². The lowest BCUT2D eigenvalue weighted by Gasteiger charge is -2.09. The number of amides is 1. The van der Waals surface area contributed by atoms with Crippen LogP contribution in [0.1, 0.15) is 20.7 Å². The molecule has 0 saturated heterocycles. The van der Waals surface area contributed by atoms with E-state index >= 15 is 0 Å². The molecule has 0 aliphatic rings. The van der Waals surface area contributed by atoms with Crippen molar-refractivity contribution in [3.05, 3.63) is 59.7 Å². The van der Waals surface area contributed by atoms with Crippen LogP contribution in [0.2, 0.25) is 0 Å². The van der Waals surface area contributed by atoms with Gasteiger partial charge in [0, 0.05) is 11.8 Å². The first-order valence-corrected chi connectivity index (χ1v) is 6.55. The summed E-state index contributed by atoms with van der Waals surface area (Å²) in [6, 6.07) is 12.0. The summed E-state index contributed by atoms with van der Waals surface area (Å²) in [5.41, 5.74) is 0.276. The lowest BCUT2D eigenvalue weighted by molar-refractivity contribution is -0.139. The van der Waals surface area contributed by atoms with Gasteiger partial charge in [0.2, 0.25) is 0 Å². The molecule has 0 aromatic heterocycles. The number of hydrogen-bond donors (Lipinski definition) is 3. The Morgan fingerprint density at radius 3 is 2.30 bits per heavy atom. The molecule has 2 rings (SSSR count). The number of benzene rings is 2. The monoisotopic (exact) mass is 315 g/mol. The van der Waals surface area contributed by atoms with Gasteiger partial charge in [-0.1, -0.05) is 18.2 Å². The van der Waals surface area contributed by atoms with E-state index in [1.54, 1.807) is 24.3 Å². The molecule has 0 atom stereocenters. The SMILES string of the molecule is O=C(O)COc1cccc(NC(=O)c2ccccc2C(=O)O)c1. The zero-order valence-corrected chi connectivity index (χ0v) is 11.9. The summed E-state index contributed by atoms with van der Waals surface area (Å²) in [6.45, 7) is -0.501. The predicted octanol–water partition coefficient (Wildman–Crippen LogP) is 2.10. The van der Waals surface area contributed by atoms with Crippen LogP contribution < -0.4 is 10.1 Å². The lowest BCUT2D eigenvalue weighted by atomic mass is 10.1. The van der Waals surface area contributed by atoms with Crippen LogP contribution in [-0.2, 0) is 4.79 Å². The number of carboxylic acids is 2. The topological polar surface area (TPSA) is 113 Å². The Labute approximate surface area is 131 Å². The molecular weight excluding hydrogens is 302 g/mol. The molecule has 2 aromatic rings. The van der Waals surface area contributed by atoms with Crippen molar-refractivity contribution in [2.24, 2.45) is 0 Å². The molecule has 0 aliphatic heterocycles. The fourth-order valence-electron chi connectivity index (χ4n) is 1.87. The third-order valence-electron chi connectivity index (χ3n) is 2.86. The van der Waals surface area contributed by atoms with Gasteiger partial charge >= 0.3 is 11.9 Å². The number of rotatable bonds is 6. The van der Waals surface area contributed by atoms with Crippen LogP contribution in [0.3, 0.4) is 0 Å². The minimum absolute atomic E-state index is 0.0249. The Bertz CT molecular complexity index is 756. The number of carbonyl (C=O) groups is 3. The van der Waals surface area contributed by atoms with Crippen LogP contribution in [0.4, 0.5) is 5.69 Å². The normalized spacial score (nSPS) is 9.91. The van der Waals surface area contributed by atoms with Gasteiger partial charge in [0.1, 0.15) is 5.75 Å². The van der Waals surface area contributed by atoms with Gasteiger partial charge in [-0.3, -0.25) is 4.79 Å². The summed E-state index contributed by atoms with van der Waals surface area (Å²) in [5, 5.41) is 20.2. The van der Waals surface area contributed by atoms with Gasteiger partial charge in [0.05, 0.1) is 11.1 Å². The third kappa shape index (κ3) is 4.31. The Morgan fingerprint density at radius 2 is 1.65 bits per heavy atom. The van der Waals surface area contributed by atoms with Crippen LogP contribution >= 0.6 is 0 Å². The maximum atomic E-state index is 12.2. The van der Waals surface area contributed by atoms with Crippen molar-refractivity contribution in [2.45, 2.75) is 0 Å². The van der Waals surface area contributed by atoms with Crippen LogP contribution in [-0.4, -0.2) is 34.7 Å². The first kappa shape index (κ1) is 16.0. The Kier molecular flexibility index (Phi) is 4.93. The molecule has 3 N–H and O–H groups in total. The highest BCUT2D eigenvalue weighted by Gasteiger charge is 2.16. The first-order chi connectivity index (χ1) is 11.0. The summed E-state index contributed by atoms with van der Waals surface area (Å²) in [4.78, 5) is 33.8. The van der Waals surface area contributed by atoms with Crippen molar-refractivity contribution in [3.8, 4) is 5.75 Å². The fourth-order valence-corrected chi connectivity index (χ4v) is 1.87. The van der Waals surface area contributed by atoms with Gasteiger partial charge in [-0.15, -0.1) is 0 Å². The Morgan fingerprint density at radius 1 is 0.957 bits per heavy atom. The van der Waals surface area contributed by atoms with Crippen LogP contribution in [0.15, 0.2) is 48.5 Å². The number of ether oxygens (including phenoxy) is 1. The highest BCUT2D eigenvalue weighted by Crippen LogP contribution is 2.19. The van der Waals surface area contributed by atoms with Gasteiger partial charge < -0.3 is 20.3 Å². The molecule has 0 saturated carbocycles. The number of anilines is 1. The van der Waals surface area contributed by atoms with E-state index in [4.69, 9.17) is 14.9 Å². The molecule has 0 bridgehead atoms. The lowest BCUT2D eigenvalue weighted by Crippen LogP contribution is -2.16. The number of carbonyl (C=O) groups excluding carboxylic acids is 1. The highest BCUT2D eigenvalue weighted by molar-refractivity contribution is 6.10. The molecule has 7 heteroatoms. The van der Waals surface area contributed by atoms with Crippen molar-refractivity contribution >= 4 is 23.5 Å². The van der Waals surface area contributed by atoms with Crippen molar-refractivity contribution in [1.82, 2.24) is 0 Å². The van der Waals surface area contributed by atoms with E-state index in [-0.39, 0.29) is 16.9 Å². The smallest absolute Gasteiger partial charge is 0.341 e. The second-order valence-corrected chi connectivity index (χ2v) is 4.52. The second kappa shape index (κ2) is 7.08.